The minimum absolute atomic E-state index is 0.480. The van der Waals surface area contributed by atoms with E-state index in [1.54, 1.807) is 0 Å². The van der Waals surface area contributed by atoms with Crippen molar-refractivity contribution in [2.45, 2.75) is 69.6 Å². The molecule has 1 aliphatic heterocycles. The second kappa shape index (κ2) is 5.89. The van der Waals surface area contributed by atoms with E-state index in [2.05, 4.69) is 4.90 Å². The third-order valence-electron chi connectivity index (χ3n) is 5.35. The van der Waals surface area contributed by atoms with Crippen LogP contribution in [0.25, 0.3) is 0 Å². The Hall–Kier alpha value is -0.120. The number of hydrogen-bond donors (Lipinski definition) is 1. The third-order valence-corrected chi connectivity index (χ3v) is 5.35. The first-order valence-electron chi connectivity index (χ1n) is 7.96. The molecule has 0 bridgehead atoms. The molecule has 2 N–H and O–H groups in total. The number of nitrogens with zero attached hydrogens (tertiary/aromatic N) is 1. The molecule has 2 aliphatic carbocycles. The SMILES string of the molecule is NC1CCCC1CCN1CCOC2CCCCC21. The van der Waals surface area contributed by atoms with Gasteiger partial charge in [-0.05, 0) is 44.6 Å². The van der Waals surface area contributed by atoms with Crippen molar-refractivity contribution in [1.82, 2.24) is 4.90 Å². The molecule has 3 heteroatoms. The topological polar surface area (TPSA) is 38.5 Å². The van der Waals surface area contributed by atoms with Crippen molar-refractivity contribution in [1.29, 1.82) is 0 Å². The van der Waals surface area contributed by atoms with Crippen LogP contribution in [-0.2, 0) is 4.74 Å². The van der Waals surface area contributed by atoms with Gasteiger partial charge in [0.15, 0.2) is 0 Å². The predicted octanol–water partition coefficient (Wildman–Crippen LogP) is 2.15. The van der Waals surface area contributed by atoms with Gasteiger partial charge in [0.1, 0.15) is 0 Å². The van der Waals surface area contributed by atoms with E-state index >= 15 is 0 Å². The molecule has 1 heterocycles. The number of fused-ring (bicyclic) bond motifs is 1. The van der Waals surface area contributed by atoms with Crippen LogP contribution < -0.4 is 5.73 Å². The monoisotopic (exact) mass is 252 g/mol. The minimum atomic E-state index is 0.480. The van der Waals surface area contributed by atoms with Gasteiger partial charge in [0.2, 0.25) is 0 Å². The summed E-state index contributed by atoms with van der Waals surface area (Å²) in [6.07, 6.45) is 11.2. The molecule has 1 saturated heterocycles. The average molecular weight is 252 g/mol. The summed E-state index contributed by atoms with van der Waals surface area (Å²) in [5.74, 6) is 0.787. The molecule has 4 atom stereocenters. The van der Waals surface area contributed by atoms with Crippen molar-refractivity contribution in [3.63, 3.8) is 0 Å². The van der Waals surface area contributed by atoms with Gasteiger partial charge < -0.3 is 10.5 Å². The van der Waals surface area contributed by atoms with Crippen molar-refractivity contribution < 1.29 is 4.74 Å². The van der Waals surface area contributed by atoms with Gasteiger partial charge in [0.25, 0.3) is 0 Å². The summed E-state index contributed by atoms with van der Waals surface area (Å²) in [4.78, 5) is 2.71. The van der Waals surface area contributed by atoms with Gasteiger partial charge in [-0.2, -0.15) is 0 Å². The molecular formula is C15H28N2O. The fourth-order valence-corrected chi connectivity index (χ4v) is 4.21. The van der Waals surface area contributed by atoms with Crippen LogP contribution in [0.15, 0.2) is 0 Å². The molecule has 3 aliphatic rings. The summed E-state index contributed by atoms with van der Waals surface area (Å²) in [7, 11) is 0. The van der Waals surface area contributed by atoms with Crippen molar-refractivity contribution >= 4 is 0 Å². The van der Waals surface area contributed by atoms with Crippen LogP contribution in [0.3, 0.4) is 0 Å². The maximum absolute atomic E-state index is 6.18. The van der Waals surface area contributed by atoms with Crippen molar-refractivity contribution in [3.8, 4) is 0 Å². The second-order valence-electron chi connectivity index (χ2n) is 6.44. The van der Waals surface area contributed by atoms with Crippen LogP contribution in [0.4, 0.5) is 0 Å². The van der Waals surface area contributed by atoms with Crippen molar-refractivity contribution in [2.75, 3.05) is 19.7 Å². The maximum atomic E-state index is 6.18. The summed E-state index contributed by atoms with van der Waals surface area (Å²) in [5, 5.41) is 0. The highest BCUT2D eigenvalue weighted by Gasteiger charge is 2.34. The number of ether oxygens (including phenoxy) is 1. The van der Waals surface area contributed by atoms with Crippen LogP contribution >= 0.6 is 0 Å². The molecule has 0 aromatic rings. The lowest BCUT2D eigenvalue weighted by Crippen LogP contribution is -2.53. The zero-order chi connectivity index (χ0) is 12.4. The lowest BCUT2D eigenvalue weighted by molar-refractivity contribution is -0.0891. The van der Waals surface area contributed by atoms with E-state index in [1.165, 1.54) is 57.9 Å². The van der Waals surface area contributed by atoms with E-state index in [0.717, 1.165) is 19.1 Å². The Morgan fingerprint density at radius 1 is 1.06 bits per heavy atom. The van der Waals surface area contributed by atoms with E-state index in [-0.39, 0.29) is 0 Å². The summed E-state index contributed by atoms with van der Waals surface area (Å²) in [6.45, 7) is 3.34. The second-order valence-corrected chi connectivity index (χ2v) is 6.44. The Morgan fingerprint density at radius 3 is 2.78 bits per heavy atom. The number of morpholine rings is 1. The molecule has 3 fully saturated rings. The van der Waals surface area contributed by atoms with Crippen LogP contribution in [0.1, 0.15) is 51.4 Å². The average Bonchev–Trinajstić information content (AvgIpc) is 2.82. The molecule has 0 aromatic heterocycles. The first kappa shape index (κ1) is 12.9. The van der Waals surface area contributed by atoms with Gasteiger partial charge in [-0.1, -0.05) is 19.3 Å². The number of rotatable bonds is 3. The Kier molecular flexibility index (Phi) is 4.22. The summed E-state index contributed by atoms with van der Waals surface area (Å²) >= 11 is 0. The highest BCUT2D eigenvalue weighted by molar-refractivity contribution is 4.88. The third kappa shape index (κ3) is 2.73. The molecule has 0 amide bonds. The van der Waals surface area contributed by atoms with E-state index in [4.69, 9.17) is 10.5 Å². The van der Waals surface area contributed by atoms with E-state index in [1.807, 2.05) is 0 Å². The molecule has 104 valence electrons. The first-order chi connectivity index (χ1) is 8.84. The van der Waals surface area contributed by atoms with Crippen LogP contribution in [-0.4, -0.2) is 42.8 Å². The standard InChI is InChI=1S/C15H28N2O/c16-13-5-3-4-12(13)8-9-17-10-11-18-15-7-2-1-6-14(15)17/h12-15H,1-11,16H2. The molecular weight excluding hydrogens is 224 g/mol. The summed E-state index contributed by atoms with van der Waals surface area (Å²) in [5.41, 5.74) is 6.18. The molecule has 0 aromatic carbocycles. The quantitative estimate of drug-likeness (QED) is 0.836. The van der Waals surface area contributed by atoms with Crippen molar-refractivity contribution in [3.05, 3.63) is 0 Å². The summed E-state index contributed by atoms with van der Waals surface area (Å²) in [6, 6.07) is 1.19. The van der Waals surface area contributed by atoms with Crippen LogP contribution in [0, 0.1) is 5.92 Å². The van der Waals surface area contributed by atoms with E-state index < -0.39 is 0 Å². The Morgan fingerprint density at radius 2 is 1.94 bits per heavy atom. The van der Waals surface area contributed by atoms with Crippen LogP contribution in [0.5, 0.6) is 0 Å². The highest BCUT2D eigenvalue weighted by Crippen LogP contribution is 2.31. The zero-order valence-corrected chi connectivity index (χ0v) is 11.5. The Bertz CT molecular complexity index is 269. The molecule has 2 saturated carbocycles. The lowest BCUT2D eigenvalue weighted by atomic mass is 9.89. The molecule has 18 heavy (non-hydrogen) atoms. The largest absolute Gasteiger partial charge is 0.375 e. The van der Waals surface area contributed by atoms with E-state index in [9.17, 15) is 0 Å². The zero-order valence-electron chi connectivity index (χ0n) is 11.5. The minimum Gasteiger partial charge on any atom is -0.375 e. The van der Waals surface area contributed by atoms with E-state index in [0.29, 0.717) is 18.2 Å². The fraction of sp³-hybridized carbons (Fsp3) is 1.00. The lowest BCUT2D eigenvalue weighted by Gasteiger charge is -2.44. The molecule has 4 unspecified atom stereocenters. The predicted molar refractivity (Wildman–Crippen MR) is 73.5 cm³/mol. The molecule has 0 radical (unpaired) electrons. The maximum Gasteiger partial charge on any atom is 0.0730 e. The van der Waals surface area contributed by atoms with Crippen LogP contribution in [0.2, 0.25) is 0 Å². The van der Waals surface area contributed by atoms with Gasteiger partial charge in [-0.3, -0.25) is 4.90 Å². The normalized spacial score (nSPS) is 41.8. The van der Waals surface area contributed by atoms with Gasteiger partial charge in [0.05, 0.1) is 12.7 Å². The molecule has 0 spiro atoms. The van der Waals surface area contributed by atoms with Gasteiger partial charge >= 0.3 is 0 Å². The number of hydrogen-bond acceptors (Lipinski definition) is 3. The Labute approximate surface area is 111 Å². The highest BCUT2D eigenvalue weighted by atomic mass is 16.5. The molecule has 3 nitrogen and oxygen atoms in total. The van der Waals surface area contributed by atoms with Gasteiger partial charge in [-0.15, -0.1) is 0 Å². The Balaban J connectivity index is 1.51. The summed E-state index contributed by atoms with van der Waals surface area (Å²) < 4.78 is 5.94. The number of nitrogens with two attached hydrogens (primary N) is 1. The molecule has 3 rings (SSSR count). The van der Waals surface area contributed by atoms with Crippen molar-refractivity contribution in [2.24, 2.45) is 11.7 Å². The smallest absolute Gasteiger partial charge is 0.0730 e. The van der Waals surface area contributed by atoms with Gasteiger partial charge in [-0.25, -0.2) is 0 Å². The first-order valence-corrected chi connectivity index (χ1v) is 7.96. The fourth-order valence-electron chi connectivity index (χ4n) is 4.21. The van der Waals surface area contributed by atoms with Gasteiger partial charge in [0, 0.05) is 18.6 Å².